The van der Waals surface area contributed by atoms with E-state index >= 15 is 0 Å². The smallest absolute Gasteiger partial charge is 0.249 e. The Morgan fingerprint density at radius 1 is 0.295 bits per heavy atom. The van der Waals surface area contributed by atoms with Crippen LogP contribution in [-0.4, -0.2) is 6.71 Å². The van der Waals surface area contributed by atoms with E-state index in [2.05, 4.69) is 260 Å². The van der Waals surface area contributed by atoms with Crippen molar-refractivity contribution in [2.75, 3.05) is 4.90 Å². The fourth-order valence-corrected chi connectivity index (χ4v) is 23.3. The third-order valence-electron chi connectivity index (χ3n) is 26.6. The van der Waals surface area contributed by atoms with Gasteiger partial charge in [-0.3, -0.25) is 0 Å². The minimum atomic E-state index is 0.0221. The third-order valence-corrected chi connectivity index (χ3v) is 26.6. The molecule has 24 rings (SSSR count). The zero-order chi connectivity index (χ0) is 61.5. The summed E-state index contributed by atoms with van der Waals surface area (Å²) >= 11 is 0. The second kappa shape index (κ2) is 19.2. The lowest BCUT2D eigenvalue weighted by atomic mass is 9.29. The minimum Gasteiger partial charge on any atom is -0.310 e. The lowest BCUT2D eigenvalue weighted by Gasteiger charge is -2.48. The molecule has 13 aromatic rings. The van der Waals surface area contributed by atoms with Crippen LogP contribution in [0.4, 0.5) is 17.1 Å². The summed E-state index contributed by atoms with van der Waals surface area (Å²) in [5.74, 6) is 5.74. The lowest BCUT2D eigenvalue weighted by Crippen LogP contribution is -2.61. The van der Waals surface area contributed by atoms with E-state index in [1.54, 1.807) is 27.6 Å². The predicted molar refractivity (Wildman–Crippen MR) is 397 cm³/mol. The molecule has 1 nitrogen and oxygen atoms in total. The Kier molecular flexibility index (Phi) is 10.6. The van der Waals surface area contributed by atoms with Crippen LogP contribution in [0.1, 0.15) is 110 Å². The van der Waals surface area contributed by atoms with Crippen molar-refractivity contribution in [3.8, 4) is 100 Å². The molecule has 95 heavy (non-hydrogen) atoms. The van der Waals surface area contributed by atoms with Crippen molar-refractivity contribution >= 4 is 61.7 Å². The van der Waals surface area contributed by atoms with Gasteiger partial charge in [-0.15, -0.1) is 0 Å². The van der Waals surface area contributed by atoms with Crippen molar-refractivity contribution in [3.05, 3.63) is 277 Å². The first kappa shape index (κ1) is 52.6. The number of rotatable bonds is 8. The van der Waals surface area contributed by atoms with Gasteiger partial charge in [0.1, 0.15) is 0 Å². The zero-order valence-corrected chi connectivity index (χ0v) is 53.5. The van der Waals surface area contributed by atoms with Gasteiger partial charge in [0, 0.05) is 22.5 Å². The van der Waals surface area contributed by atoms with Crippen molar-refractivity contribution in [2.45, 2.75) is 87.9 Å². The van der Waals surface area contributed by atoms with Crippen LogP contribution in [0.25, 0.3) is 122 Å². The van der Waals surface area contributed by atoms with Crippen LogP contribution in [0.5, 0.6) is 0 Å². The molecule has 3 aliphatic heterocycles. The van der Waals surface area contributed by atoms with Gasteiger partial charge < -0.3 is 4.90 Å². The van der Waals surface area contributed by atoms with Crippen LogP contribution in [0.3, 0.4) is 0 Å². The average Bonchev–Trinajstić information content (AvgIpc) is 1.46. The van der Waals surface area contributed by atoms with Crippen LogP contribution in [-0.2, 0) is 0 Å². The Hall–Kier alpha value is -9.76. The standard InChI is InChI=1S/C93H70BN/c1-7-19-55(20-8-1)61-42-72(57-23-11-3-12-24-57)85(73(43-61)58-25-13-4-14-26-58)65-46-80-78-49-74-63-36-53-35-54(37-63)39-64(38-53)84(74)70-31-33-82-90(87(70)78)94-89(80)81(47-65)79-50-75-66-40-68-48-69-41-67(52-93(68,69)51-66)86(75)71-32-34-83(91(94)88(71)79)95(82)92-76(59-27-15-5-16-28-59)44-62(56-21-9-2-10-22-56)45-77(92)60-29-17-6-18-30-60/h1-34,42-47,49-50,53-54,63-64,66-69H,35-41,48,51-52H2. The van der Waals surface area contributed by atoms with Gasteiger partial charge in [-0.1, -0.05) is 200 Å². The largest absolute Gasteiger partial charge is 0.310 e. The Morgan fingerprint density at radius 3 is 1.19 bits per heavy atom. The number of anilines is 3. The van der Waals surface area contributed by atoms with E-state index in [4.69, 9.17) is 0 Å². The average molecular weight is 1210 g/mol. The molecule has 13 aromatic carbocycles. The quantitative estimate of drug-likeness (QED) is 0.137. The van der Waals surface area contributed by atoms with Gasteiger partial charge in [-0.2, -0.15) is 0 Å². The number of hydrogen-bond donors (Lipinski definition) is 0. The molecular formula is C93H70BN. The summed E-state index contributed by atoms with van der Waals surface area (Å²) in [6.07, 6.45) is 13.6. The van der Waals surface area contributed by atoms with Gasteiger partial charge in [0.05, 0.1) is 5.69 Å². The van der Waals surface area contributed by atoms with Crippen LogP contribution >= 0.6 is 0 Å². The van der Waals surface area contributed by atoms with E-state index < -0.39 is 0 Å². The van der Waals surface area contributed by atoms with E-state index in [0.717, 1.165) is 23.7 Å². The molecule has 3 heterocycles. The van der Waals surface area contributed by atoms with Gasteiger partial charge in [0.2, 0.25) is 6.71 Å². The molecule has 0 amide bonds. The number of fused-ring (bicyclic) bond motifs is 8. The maximum absolute atomic E-state index is 2.88. The molecule has 0 N–H and O–H groups in total. The molecule has 7 unspecified atom stereocenters. The van der Waals surface area contributed by atoms with Gasteiger partial charge in [0.15, 0.2) is 0 Å². The molecule has 1 spiro atoms. The first-order valence-electron chi connectivity index (χ1n) is 36.0. The summed E-state index contributed by atoms with van der Waals surface area (Å²) < 4.78 is 0. The molecule has 450 valence electrons. The molecule has 5 fully saturated rings. The molecule has 0 radical (unpaired) electrons. The van der Waals surface area contributed by atoms with Gasteiger partial charge in [-0.25, -0.2) is 0 Å². The van der Waals surface area contributed by atoms with E-state index in [1.807, 2.05) is 0 Å². The van der Waals surface area contributed by atoms with Crippen molar-refractivity contribution in [1.82, 2.24) is 0 Å². The van der Waals surface area contributed by atoms with Crippen molar-refractivity contribution < 1.29 is 0 Å². The molecule has 11 aliphatic rings. The monoisotopic (exact) mass is 1210 g/mol. The Balaban J connectivity index is 0.893. The topological polar surface area (TPSA) is 3.24 Å². The highest BCUT2D eigenvalue weighted by atomic mass is 15.2. The summed E-state index contributed by atoms with van der Waals surface area (Å²) in [4.78, 5) is 2.84. The highest BCUT2D eigenvalue weighted by Crippen LogP contribution is 2.77. The van der Waals surface area contributed by atoms with Crippen molar-refractivity contribution in [2.24, 2.45) is 29.1 Å². The summed E-state index contributed by atoms with van der Waals surface area (Å²) in [5, 5.41) is 6.11. The molecular weight excluding hydrogens is 1140 g/mol. The highest BCUT2D eigenvalue weighted by Gasteiger charge is 2.66. The van der Waals surface area contributed by atoms with Crippen molar-refractivity contribution in [3.63, 3.8) is 0 Å². The predicted octanol–water partition coefficient (Wildman–Crippen LogP) is 22.7. The van der Waals surface area contributed by atoms with Crippen LogP contribution in [0.15, 0.2) is 255 Å². The van der Waals surface area contributed by atoms with E-state index in [-0.39, 0.29) is 6.71 Å². The fourth-order valence-electron chi connectivity index (χ4n) is 23.3. The molecule has 7 atom stereocenters. The van der Waals surface area contributed by atoms with E-state index in [1.165, 1.54) is 214 Å². The summed E-state index contributed by atoms with van der Waals surface area (Å²) in [6, 6.07) is 99.9. The molecule has 0 saturated heterocycles. The Labute approximate surface area is 557 Å². The Bertz CT molecular complexity index is 5350. The SMILES string of the molecule is c1ccc(-c2cc(-c3ccccc3)c(-c3cc4c5c(c3)-c3cc6c(c7ccc8c(c37)B5c3c(ccc5c7c(cc-4c35)C3CC4CC(C3)CC7C4)N8c3c(-c4ccccc4)cc(-c4ccccc4)cc3-c3ccccc3)C3CC4CC5CC6CC54C3)c(-c3ccccc3)c2)cc1. The minimum absolute atomic E-state index is 0.0221. The lowest BCUT2D eigenvalue weighted by molar-refractivity contribution is 0.00322. The van der Waals surface area contributed by atoms with E-state index in [9.17, 15) is 0 Å². The third kappa shape index (κ3) is 7.15. The highest BCUT2D eigenvalue weighted by molar-refractivity contribution is 7.03. The molecule has 7 bridgehead atoms. The van der Waals surface area contributed by atoms with Crippen LogP contribution in [0.2, 0.25) is 0 Å². The van der Waals surface area contributed by atoms with Gasteiger partial charge in [-0.05, 0) is 321 Å². The maximum Gasteiger partial charge on any atom is 0.249 e. The molecule has 5 saturated carbocycles. The van der Waals surface area contributed by atoms with Crippen LogP contribution < -0.4 is 21.3 Å². The van der Waals surface area contributed by atoms with Crippen molar-refractivity contribution in [1.29, 1.82) is 0 Å². The van der Waals surface area contributed by atoms with Gasteiger partial charge in [0.25, 0.3) is 0 Å². The number of hydrogen-bond acceptors (Lipinski definition) is 1. The summed E-state index contributed by atoms with van der Waals surface area (Å²) in [6.45, 7) is 0.0221. The van der Waals surface area contributed by atoms with Gasteiger partial charge >= 0.3 is 0 Å². The summed E-state index contributed by atoms with van der Waals surface area (Å²) in [7, 11) is 0. The molecule has 2 heteroatoms. The first-order chi connectivity index (χ1) is 47.0. The number of benzene rings is 13. The first-order valence-corrected chi connectivity index (χ1v) is 36.0. The second-order valence-corrected chi connectivity index (χ2v) is 31.0. The van der Waals surface area contributed by atoms with E-state index in [0.29, 0.717) is 29.1 Å². The fraction of sp³-hybridized carbons (Fsp3) is 0.204. The van der Waals surface area contributed by atoms with Crippen LogP contribution in [0, 0.1) is 29.1 Å². The normalized spacial score (nSPS) is 24.0. The Morgan fingerprint density at radius 2 is 0.695 bits per heavy atom. The number of nitrogens with zero attached hydrogens (tertiary/aromatic N) is 1. The second-order valence-electron chi connectivity index (χ2n) is 31.0. The zero-order valence-electron chi connectivity index (χ0n) is 53.5. The molecule has 0 aromatic heterocycles. The molecule has 8 aliphatic carbocycles. The maximum atomic E-state index is 2.88. The summed E-state index contributed by atoms with van der Waals surface area (Å²) in [5.41, 5.74) is 39.3.